The van der Waals surface area contributed by atoms with Gasteiger partial charge in [0, 0.05) is 15.4 Å². The highest BCUT2D eigenvalue weighted by Crippen LogP contribution is 2.49. The molecule has 4 nitrogen and oxygen atoms in total. The first-order chi connectivity index (χ1) is 9.65. The molecule has 2 heterocycles. The summed E-state index contributed by atoms with van der Waals surface area (Å²) in [4.78, 5) is 16.6. The number of pyridine rings is 1. The van der Waals surface area contributed by atoms with E-state index in [0.29, 0.717) is 22.2 Å². The van der Waals surface area contributed by atoms with Crippen molar-refractivity contribution in [1.29, 1.82) is 0 Å². The summed E-state index contributed by atoms with van der Waals surface area (Å²) in [5.74, 6) is -0.953. The van der Waals surface area contributed by atoms with Crippen LogP contribution < -0.4 is 0 Å². The number of aromatic carboxylic acids is 1. The molecule has 0 saturated carbocycles. The second-order valence-electron chi connectivity index (χ2n) is 6.27. The number of hydrogen-bond acceptors (Lipinski definition) is 3. The predicted octanol–water partition coefficient (Wildman–Crippen LogP) is 4.20. The Hall–Kier alpha value is -1.46. The molecule has 0 unspecified atom stereocenters. The van der Waals surface area contributed by atoms with Crippen molar-refractivity contribution in [2.24, 2.45) is 0 Å². The molecule has 0 spiro atoms. The third kappa shape index (κ3) is 1.99. The van der Waals surface area contributed by atoms with Crippen LogP contribution in [0.4, 0.5) is 0 Å². The highest BCUT2D eigenvalue weighted by atomic mass is 79.9. The van der Waals surface area contributed by atoms with Crippen LogP contribution in [0.15, 0.2) is 22.7 Å². The first-order valence-corrected chi connectivity index (χ1v) is 7.51. The third-order valence-electron chi connectivity index (χ3n) is 3.86. The van der Waals surface area contributed by atoms with Crippen molar-refractivity contribution in [2.45, 2.75) is 38.9 Å². The number of carbonyl (C=O) groups is 1. The Morgan fingerprint density at radius 3 is 2.52 bits per heavy atom. The monoisotopic (exact) mass is 349 g/mol. The van der Waals surface area contributed by atoms with Crippen LogP contribution in [-0.2, 0) is 15.9 Å². The fraction of sp³-hybridized carbons (Fsp3) is 0.375. The van der Waals surface area contributed by atoms with E-state index in [-0.39, 0.29) is 5.56 Å². The number of halogens is 1. The van der Waals surface area contributed by atoms with Crippen molar-refractivity contribution in [1.82, 2.24) is 4.98 Å². The average Bonchev–Trinajstić information content (AvgIpc) is 2.53. The Morgan fingerprint density at radius 2 is 1.90 bits per heavy atom. The van der Waals surface area contributed by atoms with E-state index >= 15 is 0 Å². The lowest BCUT2D eigenvalue weighted by molar-refractivity contribution is -0.106. The van der Waals surface area contributed by atoms with Gasteiger partial charge in [-0.2, -0.15) is 0 Å². The van der Waals surface area contributed by atoms with Gasteiger partial charge in [0.05, 0.1) is 22.4 Å². The topological polar surface area (TPSA) is 59.4 Å². The maximum atomic E-state index is 11.9. The van der Waals surface area contributed by atoms with Crippen molar-refractivity contribution < 1.29 is 14.6 Å². The van der Waals surface area contributed by atoms with Gasteiger partial charge in [-0.05, 0) is 49.7 Å². The lowest BCUT2D eigenvalue weighted by Crippen LogP contribution is -2.23. The van der Waals surface area contributed by atoms with Crippen LogP contribution in [-0.4, -0.2) is 16.1 Å². The molecular weight excluding hydrogens is 334 g/mol. The number of carboxylic acid groups (broad SMARTS) is 1. The molecule has 110 valence electrons. The zero-order valence-corrected chi connectivity index (χ0v) is 13.9. The molecule has 0 aliphatic carbocycles. The number of aromatic nitrogens is 1. The maximum absolute atomic E-state index is 11.9. The van der Waals surface area contributed by atoms with Crippen LogP contribution in [0.2, 0.25) is 0 Å². The van der Waals surface area contributed by atoms with Crippen LogP contribution in [0.25, 0.3) is 10.9 Å². The molecule has 3 rings (SSSR count). The van der Waals surface area contributed by atoms with Gasteiger partial charge >= 0.3 is 5.97 Å². The minimum atomic E-state index is -0.953. The molecular formula is C16H16BrNO3. The Labute approximate surface area is 131 Å². The van der Waals surface area contributed by atoms with E-state index in [9.17, 15) is 9.90 Å². The molecule has 5 heteroatoms. The summed E-state index contributed by atoms with van der Waals surface area (Å²) in [5.41, 5.74) is 1.01. The Morgan fingerprint density at radius 1 is 1.24 bits per heavy atom. The van der Waals surface area contributed by atoms with Crippen molar-refractivity contribution in [3.63, 3.8) is 0 Å². The molecule has 0 bridgehead atoms. The smallest absolute Gasteiger partial charge is 0.336 e. The number of para-hydroxylation sites is 1. The van der Waals surface area contributed by atoms with E-state index in [1.807, 2.05) is 39.8 Å². The second kappa shape index (κ2) is 4.27. The van der Waals surface area contributed by atoms with Gasteiger partial charge in [-0.3, -0.25) is 0 Å². The standard InChI is InChI=1S/C16H16BrNO3/c1-15(2)11-10(14(19)20)8-6-5-7-9(17)12(8)18-13(11)16(3,4)21-15/h5-7H,1-4H3,(H,19,20). The molecule has 0 atom stereocenters. The fourth-order valence-corrected chi connectivity index (χ4v) is 3.69. The summed E-state index contributed by atoms with van der Waals surface area (Å²) in [6.45, 7) is 7.61. The van der Waals surface area contributed by atoms with E-state index < -0.39 is 17.2 Å². The van der Waals surface area contributed by atoms with Crippen LogP contribution >= 0.6 is 15.9 Å². The zero-order chi connectivity index (χ0) is 15.6. The third-order valence-corrected chi connectivity index (χ3v) is 4.50. The summed E-state index contributed by atoms with van der Waals surface area (Å²) < 4.78 is 6.85. The summed E-state index contributed by atoms with van der Waals surface area (Å²) in [7, 11) is 0. The van der Waals surface area contributed by atoms with Crippen LogP contribution in [0.1, 0.15) is 49.3 Å². The number of carboxylic acids is 1. The highest BCUT2D eigenvalue weighted by Gasteiger charge is 2.47. The molecule has 1 aliphatic heterocycles. The number of nitrogens with zero attached hydrogens (tertiary/aromatic N) is 1. The number of ether oxygens (including phenoxy) is 1. The summed E-state index contributed by atoms with van der Waals surface area (Å²) in [6, 6.07) is 5.47. The maximum Gasteiger partial charge on any atom is 0.336 e. The Kier molecular flexibility index (Phi) is 2.94. The number of rotatable bonds is 1. The van der Waals surface area contributed by atoms with Gasteiger partial charge in [-0.15, -0.1) is 0 Å². The predicted molar refractivity (Wildman–Crippen MR) is 83.5 cm³/mol. The Balaban J connectivity index is 2.56. The lowest BCUT2D eigenvalue weighted by Gasteiger charge is -2.24. The molecule has 0 amide bonds. The van der Waals surface area contributed by atoms with E-state index in [4.69, 9.17) is 9.72 Å². The van der Waals surface area contributed by atoms with Gasteiger partial charge < -0.3 is 9.84 Å². The van der Waals surface area contributed by atoms with E-state index in [1.165, 1.54) is 0 Å². The number of hydrogen-bond donors (Lipinski definition) is 1. The lowest BCUT2D eigenvalue weighted by atomic mass is 9.88. The van der Waals surface area contributed by atoms with Crippen LogP contribution in [0, 0.1) is 0 Å². The van der Waals surface area contributed by atoms with E-state index in [2.05, 4.69) is 15.9 Å². The zero-order valence-electron chi connectivity index (χ0n) is 12.3. The quantitative estimate of drug-likeness (QED) is 0.838. The Bertz CT molecular complexity index is 781. The largest absolute Gasteiger partial charge is 0.478 e. The van der Waals surface area contributed by atoms with Crippen LogP contribution in [0.3, 0.4) is 0 Å². The first kappa shape index (κ1) is 14.5. The van der Waals surface area contributed by atoms with Gasteiger partial charge in [0.25, 0.3) is 0 Å². The minimum absolute atomic E-state index is 0.284. The minimum Gasteiger partial charge on any atom is -0.478 e. The second-order valence-corrected chi connectivity index (χ2v) is 7.13. The van der Waals surface area contributed by atoms with Crippen molar-refractivity contribution in [3.05, 3.63) is 39.5 Å². The van der Waals surface area contributed by atoms with Gasteiger partial charge in [0.2, 0.25) is 0 Å². The van der Waals surface area contributed by atoms with Gasteiger partial charge in [-0.1, -0.05) is 12.1 Å². The molecule has 0 radical (unpaired) electrons. The molecule has 21 heavy (non-hydrogen) atoms. The summed E-state index contributed by atoms with van der Waals surface area (Å²) >= 11 is 3.46. The van der Waals surface area contributed by atoms with Crippen molar-refractivity contribution in [3.8, 4) is 0 Å². The van der Waals surface area contributed by atoms with Gasteiger partial charge in [-0.25, -0.2) is 9.78 Å². The van der Waals surface area contributed by atoms with E-state index in [1.54, 1.807) is 6.07 Å². The van der Waals surface area contributed by atoms with Gasteiger partial charge in [0.15, 0.2) is 0 Å². The summed E-state index contributed by atoms with van der Waals surface area (Å²) in [5, 5.41) is 10.4. The van der Waals surface area contributed by atoms with Crippen molar-refractivity contribution in [2.75, 3.05) is 0 Å². The highest BCUT2D eigenvalue weighted by molar-refractivity contribution is 9.10. The number of benzene rings is 1. The average molecular weight is 350 g/mol. The fourth-order valence-electron chi connectivity index (χ4n) is 3.23. The van der Waals surface area contributed by atoms with Crippen LogP contribution in [0.5, 0.6) is 0 Å². The van der Waals surface area contributed by atoms with Crippen molar-refractivity contribution >= 4 is 32.8 Å². The molecule has 0 saturated heterocycles. The SMILES string of the molecule is CC1(C)OC(C)(C)c2c1nc1c(Br)cccc1c2C(=O)O. The molecule has 1 aromatic heterocycles. The first-order valence-electron chi connectivity index (χ1n) is 6.72. The molecule has 1 aromatic carbocycles. The van der Waals surface area contributed by atoms with Gasteiger partial charge in [0.1, 0.15) is 5.60 Å². The number of fused-ring (bicyclic) bond motifs is 2. The molecule has 0 fully saturated rings. The molecule has 1 aliphatic rings. The molecule has 2 aromatic rings. The summed E-state index contributed by atoms with van der Waals surface area (Å²) in [6.07, 6.45) is 0. The normalized spacial score (nSPS) is 18.7. The molecule has 1 N–H and O–H groups in total. The van der Waals surface area contributed by atoms with E-state index in [0.717, 1.165) is 4.47 Å².